The van der Waals surface area contributed by atoms with Gasteiger partial charge in [-0.25, -0.2) is 0 Å². The SMILES string of the molecule is CCOc1cc2c(cc1OCC)C(c1cccc(OC)c1O)NCC2.Cl. The average Bonchev–Trinajstić information content (AvgIpc) is 2.62. The zero-order chi connectivity index (χ0) is 17.8. The summed E-state index contributed by atoms with van der Waals surface area (Å²) >= 11 is 0. The number of rotatable bonds is 6. The minimum Gasteiger partial charge on any atom is -0.504 e. The number of phenolic OH excluding ortho intramolecular Hbond substituents is 1. The molecule has 1 unspecified atom stereocenters. The van der Waals surface area contributed by atoms with Crippen molar-refractivity contribution in [2.45, 2.75) is 26.3 Å². The fourth-order valence-corrected chi connectivity index (χ4v) is 3.32. The summed E-state index contributed by atoms with van der Waals surface area (Å²) in [6, 6.07) is 9.54. The number of nitrogens with one attached hydrogen (secondary N) is 1. The van der Waals surface area contributed by atoms with Gasteiger partial charge >= 0.3 is 0 Å². The van der Waals surface area contributed by atoms with Crippen molar-refractivity contribution in [1.29, 1.82) is 0 Å². The lowest BCUT2D eigenvalue weighted by Gasteiger charge is -2.29. The molecule has 0 aromatic heterocycles. The number of methoxy groups -OCH3 is 1. The fraction of sp³-hybridized carbons (Fsp3) is 0.400. The minimum absolute atomic E-state index is 0. The summed E-state index contributed by atoms with van der Waals surface area (Å²) in [5, 5.41) is 14.0. The molecule has 0 saturated heterocycles. The number of phenols is 1. The first kappa shape index (κ1) is 20.2. The van der Waals surface area contributed by atoms with Crippen LogP contribution in [0.3, 0.4) is 0 Å². The third kappa shape index (κ3) is 3.84. The number of para-hydroxylation sites is 1. The molecule has 0 aliphatic carbocycles. The summed E-state index contributed by atoms with van der Waals surface area (Å²) < 4.78 is 16.8. The first-order valence-electron chi connectivity index (χ1n) is 8.71. The largest absolute Gasteiger partial charge is 0.504 e. The minimum atomic E-state index is -0.117. The molecule has 2 aromatic carbocycles. The van der Waals surface area contributed by atoms with Gasteiger partial charge in [0.05, 0.1) is 26.4 Å². The number of hydrogen-bond acceptors (Lipinski definition) is 5. The van der Waals surface area contributed by atoms with Crippen LogP contribution in [0.5, 0.6) is 23.0 Å². The maximum atomic E-state index is 10.6. The van der Waals surface area contributed by atoms with Crippen LogP contribution in [-0.2, 0) is 6.42 Å². The van der Waals surface area contributed by atoms with Crippen molar-refractivity contribution in [3.8, 4) is 23.0 Å². The van der Waals surface area contributed by atoms with E-state index in [2.05, 4.69) is 11.4 Å². The molecule has 3 rings (SSSR count). The Labute approximate surface area is 160 Å². The fourth-order valence-electron chi connectivity index (χ4n) is 3.32. The van der Waals surface area contributed by atoms with E-state index in [9.17, 15) is 5.11 Å². The maximum absolute atomic E-state index is 10.6. The second kappa shape index (κ2) is 9.01. The Hall–Kier alpha value is -2.11. The van der Waals surface area contributed by atoms with Gasteiger partial charge in [0.25, 0.3) is 0 Å². The molecule has 0 spiro atoms. The molecule has 0 saturated carbocycles. The summed E-state index contributed by atoms with van der Waals surface area (Å²) in [4.78, 5) is 0. The van der Waals surface area contributed by atoms with Gasteiger partial charge in [-0.2, -0.15) is 0 Å². The Morgan fingerprint density at radius 1 is 1.04 bits per heavy atom. The molecule has 0 radical (unpaired) electrons. The maximum Gasteiger partial charge on any atom is 0.162 e. The quantitative estimate of drug-likeness (QED) is 0.798. The van der Waals surface area contributed by atoms with E-state index < -0.39 is 0 Å². The van der Waals surface area contributed by atoms with Crippen molar-refractivity contribution in [2.24, 2.45) is 0 Å². The van der Waals surface area contributed by atoms with Crippen molar-refractivity contribution in [3.63, 3.8) is 0 Å². The van der Waals surface area contributed by atoms with E-state index in [0.717, 1.165) is 35.6 Å². The lowest BCUT2D eigenvalue weighted by atomic mass is 9.89. The average molecular weight is 380 g/mol. The van der Waals surface area contributed by atoms with E-state index >= 15 is 0 Å². The highest BCUT2D eigenvalue weighted by Gasteiger charge is 2.27. The monoisotopic (exact) mass is 379 g/mol. The molecule has 1 heterocycles. The van der Waals surface area contributed by atoms with Gasteiger partial charge in [0.15, 0.2) is 23.0 Å². The lowest BCUT2D eigenvalue weighted by Crippen LogP contribution is -2.30. The highest BCUT2D eigenvalue weighted by molar-refractivity contribution is 5.85. The molecule has 2 N–H and O–H groups in total. The molecule has 1 aliphatic rings. The third-order valence-corrected chi connectivity index (χ3v) is 4.42. The Morgan fingerprint density at radius 3 is 2.38 bits per heavy atom. The third-order valence-electron chi connectivity index (χ3n) is 4.42. The molecule has 142 valence electrons. The van der Waals surface area contributed by atoms with Crippen molar-refractivity contribution in [2.75, 3.05) is 26.9 Å². The van der Waals surface area contributed by atoms with Crippen molar-refractivity contribution >= 4 is 12.4 Å². The van der Waals surface area contributed by atoms with E-state index in [-0.39, 0.29) is 24.2 Å². The molecule has 1 atom stereocenters. The van der Waals surface area contributed by atoms with Gasteiger partial charge < -0.3 is 24.6 Å². The molecule has 0 fully saturated rings. The van der Waals surface area contributed by atoms with Gasteiger partial charge in [-0.15, -0.1) is 12.4 Å². The molecule has 0 bridgehead atoms. The van der Waals surface area contributed by atoms with Crippen LogP contribution in [0, 0.1) is 0 Å². The van der Waals surface area contributed by atoms with Crippen LogP contribution in [0.4, 0.5) is 0 Å². The number of benzene rings is 2. The predicted molar refractivity (Wildman–Crippen MR) is 104 cm³/mol. The molecular weight excluding hydrogens is 354 g/mol. The smallest absolute Gasteiger partial charge is 0.162 e. The summed E-state index contributed by atoms with van der Waals surface area (Å²) in [5.74, 6) is 2.15. The standard InChI is InChI=1S/C20H25NO4.ClH/c1-4-24-17-11-13-9-10-21-19(15(13)12-18(17)25-5-2)14-7-6-8-16(23-3)20(14)22;/h6-8,11-12,19,21-22H,4-5,9-10H2,1-3H3;1H. The van der Waals surface area contributed by atoms with E-state index in [1.165, 1.54) is 5.56 Å². The van der Waals surface area contributed by atoms with Crippen LogP contribution >= 0.6 is 12.4 Å². The van der Waals surface area contributed by atoms with Gasteiger partial charge in [-0.1, -0.05) is 12.1 Å². The van der Waals surface area contributed by atoms with Gasteiger partial charge in [0.2, 0.25) is 0 Å². The number of halogens is 1. The summed E-state index contributed by atoms with van der Waals surface area (Å²) in [7, 11) is 1.56. The number of aromatic hydroxyl groups is 1. The van der Waals surface area contributed by atoms with Crippen LogP contribution in [0.1, 0.15) is 36.6 Å². The highest BCUT2D eigenvalue weighted by Crippen LogP contribution is 2.42. The van der Waals surface area contributed by atoms with E-state index in [1.54, 1.807) is 13.2 Å². The van der Waals surface area contributed by atoms with Gasteiger partial charge in [0, 0.05) is 12.1 Å². The number of ether oxygens (including phenoxy) is 3. The first-order valence-corrected chi connectivity index (χ1v) is 8.71. The summed E-state index contributed by atoms with van der Waals surface area (Å²) in [6.45, 7) is 5.92. The molecule has 1 aliphatic heterocycles. The summed E-state index contributed by atoms with van der Waals surface area (Å²) in [5.41, 5.74) is 3.10. The Morgan fingerprint density at radius 2 is 1.73 bits per heavy atom. The lowest BCUT2D eigenvalue weighted by molar-refractivity contribution is 0.286. The second-order valence-corrected chi connectivity index (χ2v) is 5.90. The van der Waals surface area contributed by atoms with E-state index in [4.69, 9.17) is 14.2 Å². The predicted octanol–water partition coefficient (Wildman–Crippen LogP) is 3.86. The molecule has 26 heavy (non-hydrogen) atoms. The van der Waals surface area contributed by atoms with Crippen LogP contribution in [0.25, 0.3) is 0 Å². The molecule has 6 heteroatoms. The van der Waals surface area contributed by atoms with E-state index in [0.29, 0.717) is 19.0 Å². The number of fused-ring (bicyclic) bond motifs is 1. The van der Waals surface area contributed by atoms with Gasteiger partial charge in [-0.05, 0) is 49.6 Å². The molecule has 0 amide bonds. The molecule has 2 aromatic rings. The van der Waals surface area contributed by atoms with Gasteiger partial charge in [0.1, 0.15) is 0 Å². The van der Waals surface area contributed by atoms with Crippen LogP contribution in [-0.4, -0.2) is 32.0 Å². The van der Waals surface area contributed by atoms with Crippen molar-refractivity contribution in [3.05, 3.63) is 47.0 Å². The van der Waals surface area contributed by atoms with Crippen LogP contribution in [0.2, 0.25) is 0 Å². The Kier molecular flexibility index (Phi) is 7.00. The normalized spacial score (nSPS) is 15.6. The topological polar surface area (TPSA) is 60.0 Å². The van der Waals surface area contributed by atoms with Crippen molar-refractivity contribution < 1.29 is 19.3 Å². The van der Waals surface area contributed by atoms with Gasteiger partial charge in [-0.3, -0.25) is 0 Å². The van der Waals surface area contributed by atoms with Crippen LogP contribution in [0.15, 0.2) is 30.3 Å². The van der Waals surface area contributed by atoms with Crippen molar-refractivity contribution in [1.82, 2.24) is 5.32 Å². The molecular formula is C20H26ClNO4. The first-order chi connectivity index (χ1) is 12.2. The zero-order valence-corrected chi connectivity index (χ0v) is 16.2. The Balaban J connectivity index is 0.00000243. The number of hydrogen-bond donors (Lipinski definition) is 2. The second-order valence-electron chi connectivity index (χ2n) is 5.90. The zero-order valence-electron chi connectivity index (χ0n) is 15.4. The molecule has 5 nitrogen and oxygen atoms in total. The summed E-state index contributed by atoms with van der Waals surface area (Å²) in [6.07, 6.45) is 0.906. The van der Waals surface area contributed by atoms with E-state index in [1.807, 2.05) is 32.0 Å². The van der Waals surface area contributed by atoms with Crippen LogP contribution < -0.4 is 19.5 Å². The Bertz CT molecular complexity index is 751. The highest BCUT2D eigenvalue weighted by atomic mass is 35.5.